The van der Waals surface area contributed by atoms with Crippen LogP contribution in [0.3, 0.4) is 0 Å². The molecule has 0 fully saturated rings. The van der Waals surface area contributed by atoms with Gasteiger partial charge in [0.25, 0.3) is 0 Å². The Labute approximate surface area is 102 Å². The number of carboxylic acid groups (broad SMARTS) is 2. The molecule has 1 aromatic rings. The molecule has 1 rings (SSSR count). The van der Waals surface area contributed by atoms with Gasteiger partial charge in [0.05, 0.1) is 19.0 Å². The van der Waals surface area contributed by atoms with Gasteiger partial charge in [0.1, 0.15) is 5.75 Å². The molecule has 0 spiro atoms. The molecule has 0 bridgehead atoms. The molecule has 0 saturated carbocycles. The number of hydrogen-bond acceptors (Lipinski definition) is 6. The van der Waals surface area contributed by atoms with Crippen LogP contribution in [0.1, 0.15) is 15.9 Å². The second-order valence-electron chi connectivity index (χ2n) is 3.19. The van der Waals surface area contributed by atoms with Gasteiger partial charge < -0.3 is 24.5 Å². The third kappa shape index (κ3) is 3.99. The summed E-state index contributed by atoms with van der Waals surface area (Å²) in [5.41, 5.74) is 0.648. The fourth-order valence-corrected chi connectivity index (χ4v) is 1.94. The summed E-state index contributed by atoms with van der Waals surface area (Å²) in [6, 6.07) is 4.60. The third-order valence-electron chi connectivity index (χ3n) is 1.97. The molecule has 0 radical (unpaired) electrons. The van der Waals surface area contributed by atoms with Crippen molar-refractivity contribution in [2.45, 2.75) is 5.75 Å². The van der Waals surface area contributed by atoms with Crippen LogP contribution in [-0.4, -0.2) is 24.8 Å². The number of carboxylic acids is 2. The first-order valence-corrected chi connectivity index (χ1v) is 5.86. The van der Waals surface area contributed by atoms with E-state index in [1.807, 2.05) is 0 Å². The smallest absolute Gasteiger partial charge is 0.127 e. The lowest BCUT2D eigenvalue weighted by molar-refractivity contribution is -0.301. The molecular formula is C11H10O5S-2. The number of thioether (sulfide) groups is 1. The van der Waals surface area contributed by atoms with Gasteiger partial charge in [-0.1, -0.05) is 6.07 Å². The minimum absolute atomic E-state index is 0.0425. The van der Waals surface area contributed by atoms with Gasteiger partial charge in [-0.25, -0.2) is 0 Å². The van der Waals surface area contributed by atoms with Crippen LogP contribution >= 0.6 is 11.8 Å². The van der Waals surface area contributed by atoms with Gasteiger partial charge in [-0.3, -0.25) is 0 Å². The lowest BCUT2D eigenvalue weighted by Gasteiger charge is -2.11. The van der Waals surface area contributed by atoms with Crippen molar-refractivity contribution in [3.63, 3.8) is 0 Å². The van der Waals surface area contributed by atoms with Crippen LogP contribution in [0, 0.1) is 0 Å². The fourth-order valence-electron chi connectivity index (χ4n) is 1.26. The summed E-state index contributed by atoms with van der Waals surface area (Å²) in [7, 11) is 1.37. The maximum atomic E-state index is 10.8. The van der Waals surface area contributed by atoms with Gasteiger partial charge in [-0.05, 0) is 17.7 Å². The molecule has 17 heavy (non-hydrogen) atoms. The van der Waals surface area contributed by atoms with E-state index in [0.717, 1.165) is 11.8 Å². The normalized spacial score (nSPS) is 9.94. The quantitative estimate of drug-likeness (QED) is 0.649. The predicted octanol–water partition coefficient (Wildman–Crippen LogP) is -0.958. The second kappa shape index (κ2) is 6.15. The Kier molecular flexibility index (Phi) is 4.84. The van der Waals surface area contributed by atoms with Gasteiger partial charge in [0.2, 0.25) is 0 Å². The molecule has 0 aromatic heterocycles. The summed E-state index contributed by atoms with van der Waals surface area (Å²) < 4.78 is 4.87. The first kappa shape index (κ1) is 13.4. The zero-order valence-corrected chi connectivity index (χ0v) is 9.91. The Balaban J connectivity index is 2.78. The summed E-state index contributed by atoms with van der Waals surface area (Å²) in [6.07, 6.45) is 0. The highest BCUT2D eigenvalue weighted by molar-refractivity contribution is 7.99. The number of methoxy groups -OCH3 is 1. The van der Waals surface area contributed by atoms with E-state index in [4.69, 9.17) is 4.74 Å². The zero-order valence-electron chi connectivity index (χ0n) is 9.10. The van der Waals surface area contributed by atoms with E-state index in [-0.39, 0.29) is 17.1 Å². The maximum absolute atomic E-state index is 10.8. The first-order valence-electron chi connectivity index (χ1n) is 4.70. The van der Waals surface area contributed by atoms with Crippen molar-refractivity contribution >= 4 is 23.7 Å². The molecule has 0 saturated heterocycles. The SMILES string of the molecule is COc1ccc(CSCC(=O)[O-])cc1C(=O)[O-]. The molecular weight excluding hydrogens is 244 g/mol. The fraction of sp³-hybridized carbons (Fsp3) is 0.273. The Morgan fingerprint density at radius 1 is 1.35 bits per heavy atom. The highest BCUT2D eigenvalue weighted by Crippen LogP contribution is 2.21. The molecule has 0 heterocycles. The minimum Gasteiger partial charge on any atom is -0.549 e. The Hall–Kier alpha value is -1.69. The van der Waals surface area contributed by atoms with Crippen LogP contribution in [0.15, 0.2) is 18.2 Å². The molecule has 1 aromatic carbocycles. The molecule has 6 heteroatoms. The first-order chi connectivity index (χ1) is 8.04. The van der Waals surface area contributed by atoms with Crippen LogP contribution in [0.4, 0.5) is 0 Å². The van der Waals surface area contributed by atoms with Crippen molar-refractivity contribution in [3.05, 3.63) is 29.3 Å². The summed E-state index contributed by atoms with van der Waals surface area (Å²) in [5.74, 6) is -2.00. The molecule has 0 aliphatic heterocycles. The predicted molar refractivity (Wildman–Crippen MR) is 58.5 cm³/mol. The molecule has 0 amide bonds. The van der Waals surface area contributed by atoms with E-state index < -0.39 is 11.9 Å². The van der Waals surface area contributed by atoms with Crippen LogP contribution in [0.5, 0.6) is 5.75 Å². The van der Waals surface area contributed by atoms with Crippen LogP contribution in [0.2, 0.25) is 0 Å². The van der Waals surface area contributed by atoms with Crippen molar-refractivity contribution in [1.29, 1.82) is 0 Å². The maximum Gasteiger partial charge on any atom is 0.127 e. The van der Waals surface area contributed by atoms with Crippen molar-refractivity contribution in [2.24, 2.45) is 0 Å². The van der Waals surface area contributed by atoms with E-state index in [2.05, 4.69) is 0 Å². The van der Waals surface area contributed by atoms with E-state index in [1.54, 1.807) is 6.07 Å². The summed E-state index contributed by atoms with van der Waals surface area (Å²) in [5, 5.41) is 21.0. The Morgan fingerprint density at radius 3 is 2.59 bits per heavy atom. The average molecular weight is 254 g/mol. The van der Waals surface area contributed by atoms with Gasteiger partial charge in [-0.15, -0.1) is 0 Å². The second-order valence-corrected chi connectivity index (χ2v) is 4.17. The number of benzene rings is 1. The lowest BCUT2D eigenvalue weighted by Crippen LogP contribution is -2.24. The highest BCUT2D eigenvalue weighted by Gasteiger charge is 2.05. The Bertz CT molecular complexity index is 430. The topological polar surface area (TPSA) is 89.5 Å². The molecule has 0 aliphatic carbocycles. The number of aromatic carboxylic acids is 1. The molecule has 0 atom stereocenters. The van der Waals surface area contributed by atoms with E-state index in [1.165, 1.54) is 19.2 Å². The molecule has 92 valence electrons. The van der Waals surface area contributed by atoms with Crippen molar-refractivity contribution < 1.29 is 24.5 Å². The average Bonchev–Trinajstić information content (AvgIpc) is 2.28. The zero-order chi connectivity index (χ0) is 12.8. The lowest BCUT2D eigenvalue weighted by atomic mass is 10.1. The summed E-state index contributed by atoms with van der Waals surface area (Å²) >= 11 is 1.13. The van der Waals surface area contributed by atoms with Gasteiger partial charge in [0, 0.05) is 17.1 Å². The molecule has 5 nitrogen and oxygen atoms in total. The van der Waals surface area contributed by atoms with Gasteiger partial charge in [0.15, 0.2) is 0 Å². The third-order valence-corrected chi connectivity index (χ3v) is 2.95. The van der Waals surface area contributed by atoms with E-state index in [9.17, 15) is 19.8 Å². The van der Waals surface area contributed by atoms with Crippen molar-refractivity contribution in [2.75, 3.05) is 12.9 Å². The number of aliphatic carboxylic acids is 1. The number of carbonyl (C=O) groups excluding carboxylic acids is 2. The largest absolute Gasteiger partial charge is 0.549 e. The number of rotatable bonds is 6. The number of ether oxygens (including phenoxy) is 1. The number of carbonyl (C=O) groups is 2. The molecule has 0 aliphatic rings. The van der Waals surface area contributed by atoms with Crippen molar-refractivity contribution in [3.8, 4) is 5.75 Å². The standard InChI is InChI=1S/C11H12O5S/c1-16-9-3-2-7(4-8(9)11(14)15)5-17-6-10(12)13/h2-4H,5-6H2,1H3,(H,12,13)(H,14,15)/p-2. The van der Waals surface area contributed by atoms with Crippen LogP contribution < -0.4 is 14.9 Å². The molecule has 0 N–H and O–H groups in total. The van der Waals surface area contributed by atoms with Crippen molar-refractivity contribution in [1.82, 2.24) is 0 Å². The van der Waals surface area contributed by atoms with E-state index >= 15 is 0 Å². The Morgan fingerprint density at radius 2 is 2.06 bits per heavy atom. The van der Waals surface area contributed by atoms with Crippen LogP contribution in [0.25, 0.3) is 0 Å². The van der Waals surface area contributed by atoms with Crippen LogP contribution in [-0.2, 0) is 10.5 Å². The number of hydrogen-bond donors (Lipinski definition) is 0. The molecule has 0 unspecified atom stereocenters. The monoisotopic (exact) mass is 254 g/mol. The van der Waals surface area contributed by atoms with Gasteiger partial charge >= 0.3 is 0 Å². The van der Waals surface area contributed by atoms with Gasteiger partial charge in [-0.2, -0.15) is 11.8 Å². The van der Waals surface area contributed by atoms with E-state index in [0.29, 0.717) is 11.3 Å². The highest BCUT2D eigenvalue weighted by atomic mass is 32.2. The summed E-state index contributed by atoms with van der Waals surface area (Å²) in [4.78, 5) is 21.0. The minimum atomic E-state index is -1.33. The summed E-state index contributed by atoms with van der Waals surface area (Å²) in [6.45, 7) is 0.